The summed E-state index contributed by atoms with van der Waals surface area (Å²) < 4.78 is 10.5. The highest BCUT2D eigenvalue weighted by Gasteiger charge is 2.19. The number of rotatable bonds is 3. The van der Waals surface area contributed by atoms with E-state index in [1.807, 2.05) is 0 Å². The molecule has 0 saturated carbocycles. The monoisotopic (exact) mass is 677 g/mol. The van der Waals surface area contributed by atoms with Crippen LogP contribution in [0, 0.1) is 50.9 Å². The number of aryl methyl sites for hydroxylation is 7. The average Bonchev–Trinajstić information content (AvgIpc) is 3.56. The highest BCUT2D eigenvalue weighted by molar-refractivity contribution is 7.13. The van der Waals surface area contributed by atoms with Crippen molar-refractivity contribution < 1.29 is 0 Å². The molecule has 0 aliphatic carbocycles. The van der Waals surface area contributed by atoms with Crippen LogP contribution < -0.4 is 0 Å². The van der Waals surface area contributed by atoms with E-state index in [9.17, 15) is 0 Å². The Morgan fingerprint density at radius 2 is 1.02 bits per heavy atom. The fraction of sp³-hybridized carbons (Fsp3) is 0.489. The summed E-state index contributed by atoms with van der Waals surface area (Å²) in [6.07, 6.45) is 7.89. The Kier molecular flexibility index (Phi) is 11.3. The minimum atomic E-state index is 0.304. The second-order valence-corrected chi connectivity index (χ2v) is 19.1. The third-order valence-corrected chi connectivity index (χ3v) is 9.77. The summed E-state index contributed by atoms with van der Waals surface area (Å²) in [6.45, 7) is 31.5. The first-order valence-corrected chi connectivity index (χ1v) is 18.7. The van der Waals surface area contributed by atoms with Gasteiger partial charge in [0.1, 0.15) is 0 Å². The molecule has 0 N–H and O–H groups in total. The lowest BCUT2D eigenvalue weighted by molar-refractivity contribution is 0.409. The number of hydrogen-bond acceptors (Lipinski definition) is 2. The van der Waals surface area contributed by atoms with Crippen LogP contribution >= 0.6 is 11.5 Å². The largest absolute Gasteiger partial charge is 0.350 e. The predicted octanol–water partition coefficient (Wildman–Crippen LogP) is 13.0. The fourth-order valence-electron chi connectivity index (χ4n) is 7.29. The van der Waals surface area contributed by atoms with Gasteiger partial charge in [-0.25, -0.2) is 0 Å². The SMILES string of the molecule is Cc1cc(C)c2c(CC(C)(C)C)cn(C)c2c1.Cc1cc(C)c2c(CC(C)(C)C)nsc2c1.Cc1cccc2c1c(CC(C)(C)C)cn2C. The summed E-state index contributed by atoms with van der Waals surface area (Å²) >= 11 is 1.63. The molecule has 3 aromatic heterocycles. The molecule has 0 amide bonds. The predicted molar refractivity (Wildman–Crippen MR) is 219 cm³/mol. The molecule has 264 valence electrons. The van der Waals surface area contributed by atoms with E-state index in [0.717, 1.165) is 19.3 Å². The van der Waals surface area contributed by atoms with Gasteiger partial charge < -0.3 is 9.13 Å². The zero-order valence-electron chi connectivity index (χ0n) is 33.6. The van der Waals surface area contributed by atoms with Gasteiger partial charge in [-0.2, -0.15) is 4.37 Å². The summed E-state index contributed by atoms with van der Waals surface area (Å²) in [5.74, 6) is 0. The van der Waals surface area contributed by atoms with Crippen molar-refractivity contribution in [3.8, 4) is 0 Å². The average molecular weight is 678 g/mol. The van der Waals surface area contributed by atoms with Crippen LogP contribution in [0.3, 0.4) is 0 Å². The van der Waals surface area contributed by atoms with E-state index in [-0.39, 0.29) is 0 Å². The molecule has 49 heavy (non-hydrogen) atoms. The Morgan fingerprint density at radius 1 is 0.551 bits per heavy atom. The molecule has 0 bridgehead atoms. The quantitative estimate of drug-likeness (QED) is 0.183. The molecular weight excluding hydrogens is 615 g/mol. The summed E-state index contributed by atoms with van der Waals surface area (Å²) in [6, 6.07) is 15.6. The Morgan fingerprint density at radius 3 is 1.55 bits per heavy atom. The number of hydrogen-bond donors (Lipinski definition) is 0. The van der Waals surface area contributed by atoms with Crippen molar-refractivity contribution in [1.29, 1.82) is 0 Å². The Labute approximate surface area is 301 Å². The van der Waals surface area contributed by atoms with Crippen molar-refractivity contribution >= 4 is 43.4 Å². The van der Waals surface area contributed by atoms with Gasteiger partial charge in [0.25, 0.3) is 0 Å². The van der Waals surface area contributed by atoms with Crippen LogP contribution in [0.25, 0.3) is 31.9 Å². The molecule has 0 saturated heterocycles. The van der Waals surface area contributed by atoms with E-state index in [0.29, 0.717) is 16.2 Å². The molecule has 4 heteroatoms. The summed E-state index contributed by atoms with van der Waals surface area (Å²) in [7, 11) is 4.28. The highest BCUT2D eigenvalue weighted by atomic mass is 32.1. The van der Waals surface area contributed by atoms with Gasteiger partial charge in [0, 0.05) is 53.7 Å². The molecule has 3 nitrogen and oxygen atoms in total. The lowest BCUT2D eigenvalue weighted by Crippen LogP contribution is -2.09. The lowest BCUT2D eigenvalue weighted by Gasteiger charge is -2.17. The minimum Gasteiger partial charge on any atom is -0.350 e. The van der Waals surface area contributed by atoms with Gasteiger partial charge in [-0.1, -0.05) is 86.6 Å². The highest BCUT2D eigenvalue weighted by Crippen LogP contribution is 2.33. The summed E-state index contributed by atoms with van der Waals surface area (Å²) in [5, 5.41) is 4.28. The van der Waals surface area contributed by atoms with Crippen LogP contribution in [-0.2, 0) is 33.4 Å². The normalized spacial score (nSPS) is 12.3. The third kappa shape index (κ3) is 9.87. The molecule has 6 rings (SSSR count). The van der Waals surface area contributed by atoms with Crippen molar-refractivity contribution in [1.82, 2.24) is 13.5 Å². The minimum absolute atomic E-state index is 0.304. The first-order valence-electron chi connectivity index (χ1n) is 18.0. The lowest BCUT2D eigenvalue weighted by atomic mass is 9.87. The van der Waals surface area contributed by atoms with Crippen molar-refractivity contribution in [2.45, 2.75) is 116 Å². The standard InChI is InChI=1S/C16H23N.C15H21N.C14H19NS/c1-11-7-12(2)15-13(9-16(3,4)5)10-17(6)14(15)8-11;1-11-7-6-8-13-14(11)12(10-16(13)5)9-15(2,3)4;1-9-6-10(2)13-11(8-14(3,4)5)15-16-12(13)7-9/h7-8,10H,9H2,1-6H3;6-8,10H,9H2,1-5H3;6-7H,8H2,1-5H3. The molecule has 0 unspecified atom stereocenters. The molecule has 0 atom stereocenters. The second-order valence-electron chi connectivity index (χ2n) is 18.3. The number of fused-ring (bicyclic) bond motifs is 3. The van der Waals surface area contributed by atoms with Gasteiger partial charge in [0.05, 0.1) is 10.4 Å². The van der Waals surface area contributed by atoms with Gasteiger partial charge in [-0.15, -0.1) is 0 Å². The Hall–Kier alpha value is -3.37. The third-order valence-electron chi connectivity index (χ3n) is 8.94. The topological polar surface area (TPSA) is 22.8 Å². The van der Waals surface area contributed by atoms with E-state index < -0.39 is 0 Å². The van der Waals surface area contributed by atoms with E-state index in [2.05, 4.69) is 179 Å². The maximum absolute atomic E-state index is 4.62. The number of aromatic nitrogens is 3. The molecule has 0 aliphatic rings. The molecule has 0 radical (unpaired) electrons. The number of benzene rings is 3. The van der Waals surface area contributed by atoms with Crippen LogP contribution in [0.5, 0.6) is 0 Å². The van der Waals surface area contributed by atoms with Crippen LogP contribution in [0.1, 0.15) is 107 Å². The summed E-state index contributed by atoms with van der Waals surface area (Å²) in [4.78, 5) is 0. The van der Waals surface area contributed by atoms with Crippen LogP contribution in [0.2, 0.25) is 0 Å². The zero-order chi connectivity index (χ0) is 36.6. The molecule has 0 fully saturated rings. The first kappa shape index (κ1) is 38.4. The van der Waals surface area contributed by atoms with Crippen molar-refractivity contribution in [3.05, 3.63) is 99.5 Å². The van der Waals surface area contributed by atoms with Gasteiger partial charge in [0.2, 0.25) is 0 Å². The number of nitrogens with zero attached hydrogens (tertiary/aromatic N) is 3. The molecule has 0 spiro atoms. The zero-order valence-corrected chi connectivity index (χ0v) is 34.4. The van der Waals surface area contributed by atoms with Crippen LogP contribution in [0.15, 0.2) is 54.9 Å². The van der Waals surface area contributed by atoms with Gasteiger partial charge in [0.15, 0.2) is 0 Å². The fourth-order valence-corrected chi connectivity index (χ4v) is 8.27. The molecule has 3 aromatic carbocycles. The Balaban J connectivity index is 0.000000166. The second kappa shape index (κ2) is 14.5. The van der Waals surface area contributed by atoms with E-state index in [4.69, 9.17) is 0 Å². The van der Waals surface area contributed by atoms with Crippen molar-refractivity contribution in [2.24, 2.45) is 30.3 Å². The van der Waals surface area contributed by atoms with Crippen LogP contribution in [-0.4, -0.2) is 13.5 Å². The maximum atomic E-state index is 4.62. The van der Waals surface area contributed by atoms with Crippen LogP contribution in [0.4, 0.5) is 0 Å². The molecule has 3 heterocycles. The smallest absolute Gasteiger partial charge is 0.0628 e. The van der Waals surface area contributed by atoms with Gasteiger partial charge >= 0.3 is 0 Å². The summed E-state index contributed by atoms with van der Waals surface area (Å²) in [5.41, 5.74) is 14.7. The van der Waals surface area contributed by atoms with Gasteiger partial charge in [-0.05, 0) is 139 Å². The molecule has 6 aromatic rings. The van der Waals surface area contributed by atoms with E-state index >= 15 is 0 Å². The first-order chi connectivity index (χ1) is 22.5. The molecular formula is C45H63N3S. The van der Waals surface area contributed by atoms with E-state index in [1.54, 1.807) is 11.5 Å². The van der Waals surface area contributed by atoms with E-state index in [1.165, 1.54) is 76.5 Å². The van der Waals surface area contributed by atoms with Crippen molar-refractivity contribution in [3.63, 3.8) is 0 Å². The van der Waals surface area contributed by atoms with Crippen molar-refractivity contribution in [2.75, 3.05) is 0 Å². The van der Waals surface area contributed by atoms with Gasteiger partial charge in [-0.3, -0.25) is 0 Å². The molecule has 0 aliphatic heterocycles. The Bertz CT molecular complexity index is 2060. The maximum Gasteiger partial charge on any atom is 0.0628 e.